The van der Waals surface area contributed by atoms with Crippen molar-refractivity contribution >= 4 is 9.05 Å². The molecule has 0 aromatic rings. The first kappa shape index (κ1) is 22.6. The van der Waals surface area contributed by atoms with Crippen LogP contribution in [0.4, 0.5) is 0 Å². The van der Waals surface area contributed by atoms with E-state index in [4.69, 9.17) is 19.2 Å². The molecule has 0 aliphatic carbocycles. The van der Waals surface area contributed by atoms with Gasteiger partial charge in [0, 0.05) is 0 Å². The molecule has 0 amide bonds. The minimum atomic E-state index is -5.61. The quantitative estimate of drug-likeness (QED) is 0.303. The average molecular weight is 513 g/mol. The van der Waals surface area contributed by atoms with E-state index >= 15 is 0 Å². The van der Waals surface area contributed by atoms with Crippen LogP contribution in [0.15, 0.2) is 0 Å². The molecule has 8 heteroatoms. The Morgan fingerprint density at radius 1 is 0.875 bits per heavy atom. The van der Waals surface area contributed by atoms with Gasteiger partial charge in [-0.1, -0.05) is 0 Å². The van der Waals surface area contributed by atoms with E-state index in [0.717, 1.165) is 0 Å². The largest absolute Gasteiger partial charge is 3.00 e. The summed E-state index contributed by atoms with van der Waals surface area (Å²) in [6.07, 6.45) is 0. The summed E-state index contributed by atoms with van der Waals surface area (Å²) in [7, 11) is -5.61. The first-order chi connectivity index (χ1) is 2.00. The van der Waals surface area contributed by atoms with E-state index in [-0.39, 0.29) is 110 Å². The summed E-state index contributed by atoms with van der Waals surface area (Å²) in [5, 5.41) is 0. The third-order valence-corrected chi connectivity index (χ3v) is 0. The SMILES string of the molecule is [Gd+3].[Lu+3].[O-][Si]([O-])([O-])[O-].[Y+3]. The summed E-state index contributed by atoms with van der Waals surface area (Å²) in [5.41, 5.74) is 0. The Labute approximate surface area is 134 Å². The summed E-state index contributed by atoms with van der Waals surface area (Å²) in [6, 6.07) is 0. The second-order valence-corrected chi connectivity index (χ2v) is 1.50. The fourth-order valence-electron chi connectivity index (χ4n) is 0. The van der Waals surface area contributed by atoms with Crippen molar-refractivity contribution in [3.05, 3.63) is 0 Å². The van der Waals surface area contributed by atoms with E-state index in [9.17, 15) is 0 Å². The van der Waals surface area contributed by atoms with Gasteiger partial charge in [-0.25, -0.2) is 0 Å². The van der Waals surface area contributed by atoms with Crippen LogP contribution < -0.4 is 19.2 Å². The molecular formula is GdLuO4SiY+5. The number of hydrogen-bond acceptors (Lipinski definition) is 4. The Balaban J connectivity index is -0.0000000267. The zero-order chi connectivity index (χ0) is 4.50. The van der Waals surface area contributed by atoms with Gasteiger partial charge in [-0.2, -0.15) is 0 Å². The van der Waals surface area contributed by atoms with E-state index in [1.54, 1.807) is 0 Å². The molecule has 0 spiro atoms. The molecule has 0 aliphatic heterocycles. The van der Waals surface area contributed by atoms with Crippen LogP contribution in [0.3, 0.4) is 0 Å². The molecule has 0 unspecified atom stereocenters. The molecule has 49 valence electrons. The van der Waals surface area contributed by atoms with Gasteiger partial charge in [0.25, 0.3) is 0 Å². The Hall–Kier alpha value is 3.72. The van der Waals surface area contributed by atoms with Crippen molar-refractivity contribution in [2.45, 2.75) is 0 Å². The minimum absolute atomic E-state index is 0. The van der Waals surface area contributed by atoms with Gasteiger partial charge in [0.05, 0.1) is 0 Å². The fraction of sp³-hybridized carbons (Fsp3) is 0. The van der Waals surface area contributed by atoms with Gasteiger partial charge in [-0.3, -0.25) is 0 Å². The monoisotopic (exact) mass is 514 g/mol. The van der Waals surface area contributed by atoms with Crippen LogP contribution >= 0.6 is 0 Å². The van der Waals surface area contributed by atoms with Crippen molar-refractivity contribution < 1.29 is 129 Å². The molecule has 1 radical (unpaired) electrons. The van der Waals surface area contributed by atoms with Crippen molar-refractivity contribution in [1.82, 2.24) is 0 Å². The van der Waals surface area contributed by atoms with Crippen LogP contribution in [-0.4, -0.2) is 9.05 Å². The molecule has 0 bridgehead atoms. The van der Waals surface area contributed by atoms with Gasteiger partial charge in [0.15, 0.2) is 0 Å². The molecule has 0 aliphatic rings. The zero-order valence-electron chi connectivity index (χ0n) is 3.32. The summed E-state index contributed by atoms with van der Waals surface area (Å²) in [4.78, 5) is 34.3. The minimum Gasteiger partial charge on any atom is -0.894 e. The topological polar surface area (TPSA) is 92.2 Å². The van der Waals surface area contributed by atoms with Gasteiger partial charge >= 0.3 is 110 Å². The second kappa shape index (κ2) is 10.7. The molecule has 0 aromatic carbocycles. The van der Waals surface area contributed by atoms with Gasteiger partial charge < -0.3 is 28.2 Å². The maximum Gasteiger partial charge on any atom is 3.00 e. The molecule has 0 saturated heterocycles. The second-order valence-electron chi connectivity index (χ2n) is 0.500. The molecule has 8 heavy (non-hydrogen) atoms. The number of hydrogen-bond donors (Lipinski definition) is 0. The average Bonchev–Trinajstić information content (AvgIpc) is 0.722. The molecule has 0 rings (SSSR count). The maximum atomic E-state index is 8.58. The maximum absolute atomic E-state index is 8.58. The third kappa shape index (κ3) is 53.4. The Morgan fingerprint density at radius 3 is 0.875 bits per heavy atom. The first-order valence-corrected chi connectivity index (χ1v) is 2.45. The smallest absolute Gasteiger partial charge is 0.894 e. The summed E-state index contributed by atoms with van der Waals surface area (Å²) < 4.78 is 0. The van der Waals surface area contributed by atoms with Crippen molar-refractivity contribution in [2.24, 2.45) is 0 Å². The van der Waals surface area contributed by atoms with Crippen LogP contribution in [0, 0.1) is 76.8 Å². The predicted molar refractivity (Wildman–Crippen MR) is 5.75 cm³/mol. The summed E-state index contributed by atoms with van der Waals surface area (Å²) in [5.74, 6) is 0. The molecule has 0 aromatic heterocycles. The van der Waals surface area contributed by atoms with Crippen LogP contribution in [-0.2, 0) is 32.7 Å². The molecule has 0 N–H and O–H groups in total. The summed E-state index contributed by atoms with van der Waals surface area (Å²) in [6.45, 7) is 0. The number of rotatable bonds is 0. The van der Waals surface area contributed by atoms with Crippen LogP contribution in [0.5, 0.6) is 0 Å². The van der Waals surface area contributed by atoms with Crippen LogP contribution in [0.2, 0.25) is 0 Å². The normalized spacial score (nSPS) is 7.50. The first-order valence-electron chi connectivity index (χ1n) is 0.816. The third-order valence-electron chi connectivity index (χ3n) is 0. The molecule has 0 fully saturated rings. The van der Waals surface area contributed by atoms with Crippen molar-refractivity contribution in [3.63, 3.8) is 0 Å². The van der Waals surface area contributed by atoms with Crippen molar-refractivity contribution in [3.8, 4) is 0 Å². The Bertz CT molecular complexity index is 31.5. The van der Waals surface area contributed by atoms with Crippen LogP contribution in [0.1, 0.15) is 0 Å². The van der Waals surface area contributed by atoms with E-state index in [0.29, 0.717) is 0 Å². The molecule has 0 saturated carbocycles. The van der Waals surface area contributed by atoms with Crippen molar-refractivity contribution in [2.75, 3.05) is 0 Å². The predicted octanol–water partition coefficient (Wildman–Crippen LogP) is -5.14. The summed E-state index contributed by atoms with van der Waals surface area (Å²) >= 11 is 0. The Morgan fingerprint density at radius 2 is 0.875 bits per heavy atom. The van der Waals surface area contributed by atoms with E-state index < -0.39 is 9.05 Å². The standard InChI is InChI=1S/Gd.Lu.O4Si.Y/c;;1-5(2,3)4;/q2*+3;-4;+3. The molecular weight excluding hydrogens is 513 g/mol. The van der Waals surface area contributed by atoms with Gasteiger partial charge in [-0.15, -0.1) is 0 Å². The molecule has 0 heterocycles. The van der Waals surface area contributed by atoms with Gasteiger partial charge in [0.2, 0.25) is 0 Å². The fourth-order valence-corrected chi connectivity index (χ4v) is 0. The zero-order valence-corrected chi connectivity index (χ0v) is 11.1. The van der Waals surface area contributed by atoms with Gasteiger partial charge in [0.1, 0.15) is 0 Å². The van der Waals surface area contributed by atoms with E-state index in [1.807, 2.05) is 0 Å². The van der Waals surface area contributed by atoms with Crippen LogP contribution in [0.25, 0.3) is 0 Å². The van der Waals surface area contributed by atoms with Crippen molar-refractivity contribution in [1.29, 1.82) is 0 Å². The van der Waals surface area contributed by atoms with E-state index in [2.05, 4.69) is 0 Å². The Kier molecular flexibility index (Phi) is 30.3. The molecule has 4 nitrogen and oxygen atoms in total. The molecule has 0 atom stereocenters. The van der Waals surface area contributed by atoms with Gasteiger partial charge in [-0.05, 0) is 0 Å². The van der Waals surface area contributed by atoms with E-state index in [1.165, 1.54) is 0 Å².